The van der Waals surface area contributed by atoms with Crippen LogP contribution in [0.5, 0.6) is 17.4 Å². The fourth-order valence-electron chi connectivity index (χ4n) is 4.25. The van der Waals surface area contributed by atoms with Crippen molar-refractivity contribution < 1.29 is 19.0 Å². The van der Waals surface area contributed by atoms with Crippen molar-refractivity contribution in [1.29, 1.82) is 0 Å². The highest BCUT2D eigenvalue weighted by Gasteiger charge is 2.22. The molecule has 43 heavy (non-hydrogen) atoms. The second-order valence-corrected chi connectivity index (χ2v) is 13.4. The van der Waals surface area contributed by atoms with Crippen LogP contribution in [0.1, 0.15) is 46.1 Å². The van der Waals surface area contributed by atoms with Gasteiger partial charge in [-0.05, 0) is 55.0 Å². The third-order valence-corrected chi connectivity index (χ3v) is 7.86. The maximum atomic E-state index is 13.2. The van der Waals surface area contributed by atoms with Gasteiger partial charge in [0.1, 0.15) is 11.5 Å². The van der Waals surface area contributed by atoms with Crippen molar-refractivity contribution in [3.8, 4) is 17.4 Å². The summed E-state index contributed by atoms with van der Waals surface area (Å²) in [6.07, 6.45) is 3.96. The zero-order chi connectivity index (χ0) is 31.6. The largest absolute Gasteiger partial charge is 0.494 e. The average Bonchev–Trinajstić information content (AvgIpc) is 2.96. The van der Waals surface area contributed by atoms with E-state index in [1.54, 1.807) is 32.4 Å². The number of methoxy groups -OCH3 is 2. The molecule has 0 aliphatic carbocycles. The molecule has 10 heteroatoms. The minimum atomic E-state index is -0.453. The number of nitrogens with two attached hydrogens (primary N) is 1. The van der Waals surface area contributed by atoms with Crippen molar-refractivity contribution in [2.75, 3.05) is 50.5 Å². The number of ether oxygens (including phenoxy) is 3. The van der Waals surface area contributed by atoms with Gasteiger partial charge < -0.3 is 30.6 Å². The van der Waals surface area contributed by atoms with E-state index in [2.05, 4.69) is 67.7 Å². The lowest BCUT2D eigenvalue weighted by Gasteiger charge is -2.25. The predicted molar refractivity (Wildman–Crippen MR) is 180 cm³/mol. The number of nitrogen functional groups attached to an aromatic ring is 1. The van der Waals surface area contributed by atoms with E-state index in [1.807, 2.05) is 30.3 Å². The van der Waals surface area contributed by atoms with Gasteiger partial charge in [-0.15, -0.1) is 0 Å². The van der Waals surface area contributed by atoms with Crippen LogP contribution in [-0.4, -0.2) is 50.2 Å². The van der Waals surface area contributed by atoms with Crippen molar-refractivity contribution >= 4 is 47.4 Å². The lowest BCUT2D eigenvalue weighted by atomic mass is 9.86. The molecule has 3 aromatic carbocycles. The van der Waals surface area contributed by atoms with Crippen LogP contribution in [0, 0.1) is 0 Å². The zero-order valence-corrected chi connectivity index (χ0v) is 27.3. The van der Waals surface area contributed by atoms with Gasteiger partial charge >= 0.3 is 6.03 Å². The number of hydrogen-bond donors (Lipinski definition) is 3. The summed E-state index contributed by atoms with van der Waals surface area (Å²) in [5, 5.41) is 8.75. The second kappa shape index (κ2) is 15.5. The lowest BCUT2D eigenvalue weighted by molar-refractivity contribution is 0.194. The minimum absolute atomic E-state index is 0.0837. The molecule has 4 aromatic rings. The van der Waals surface area contributed by atoms with E-state index in [0.717, 1.165) is 28.2 Å². The van der Waals surface area contributed by atoms with Crippen LogP contribution in [0.4, 0.5) is 22.1 Å². The summed E-state index contributed by atoms with van der Waals surface area (Å²) in [7, 11) is 2.91. The molecule has 1 heterocycles. The molecule has 4 N–H and O–H groups in total. The maximum absolute atomic E-state index is 13.2. The van der Waals surface area contributed by atoms with Crippen molar-refractivity contribution in [1.82, 2.24) is 9.97 Å². The van der Waals surface area contributed by atoms with Gasteiger partial charge in [-0.2, -0.15) is 4.98 Å². The van der Waals surface area contributed by atoms with E-state index >= 15 is 0 Å². The van der Waals surface area contributed by atoms with Crippen molar-refractivity contribution in [3.05, 3.63) is 66.4 Å². The number of rotatable bonds is 9. The Morgan fingerprint density at radius 3 is 2.26 bits per heavy atom. The summed E-state index contributed by atoms with van der Waals surface area (Å²) in [6, 6.07) is 16.7. The Bertz CT molecular complexity index is 1520. The molecule has 2 amide bonds. The SMILES string of the molecule is CCCCOC.COc1c(NC(=O)Nc2ccc(Oc3ccnc(N)n3)c3ccccc23)cc(C(C)(C)C)cc1P(C)C. The number of urea groups is 1. The number of unbranched alkanes of at least 4 members (excludes halogenated alkanes) is 1. The molecular weight excluding hydrogens is 561 g/mol. The van der Waals surface area contributed by atoms with Gasteiger partial charge in [0.15, 0.2) is 0 Å². The summed E-state index contributed by atoms with van der Waals surface area (Å²) in [5.74, 6) is 1.74. The van der Waals surface area contributed by atoms with Crippen LogP contribution in [0.15, 0.2) is 60.8 Å². The highest BCUT2D eigenvalue weighted by Crippen LogP contribution is 2.39. The number of amides is 2. The number of nitrogens with one attached hydrogen (secondary N) is 2. The van der Waals surface area contributed by atoms with Gasteiger partial charge in [0.2, 0.25) is 11.8 Å². The molecule has 230 valence electrons. The summed E-state index contributed by atoms with van der Waals surface area (Å²) < 4.78 is 16.5. The Morgan fingerprint density at radius 1 is 0.977 bits per heavy atom. The average molecular weight is 606 g/mol. The Kier molecular flexibility index (Phi) is 12.1. The van der Waals surface area contributed by atoms with E-state index in [0.29, 0.717) is 28.8 Å². The molecule has 4 rings (SSSR count). The van der Waals surface area contributed by atoms with Crippen molar-refractivity contribution in [2.24, 2.45) is 0 Å². The normalized spacial score (nSPS) is 11.1. The van der Waals surface area contributed by atoms with E-state index in [4.69, 9.17) is 19.9 Å². The Labute approximate surface area is 256 Å². The van der Waals surface area contributed by atoms with E-state index in [-0.39, 0.29) is 17.4 Å². The Balaban J connectivity index is 0.000000765. The highest BCUT2D eigenvalue weighted by molar-refractivity contribution is 7.64. The molecule has 0 unspecified atom stereocenters. The van der Waals surface area contributed by atoms with Crippen LogP contribution >= 0.6 is 7.92 Å². The number of benzene rings is 3. The van der Waals surface area contributed by atoms with Gasteiger partial charge in [0, 0.05) is 42.1 Å². The molecule has 0 fully saturated rings. The molecule has 9 nitrogen and oxygen atoms in total. The van der Waals surface area contributed by atoms with E-state index in [9.17, 15) is 4.79 Å². The quantitative estimate of drug-likeness (QED) is 0.132. The maximum Gasteiger partial charge on any atom is 0.323 e. The first-order valence-corrected chi connectivity index (χ1v) is 16.5. The molecule has 0 bridgehead atoms. The molecule has 0 aliphatic heterocycles. The first-order chi connectivity index (χ1) is 20.5. The molecule has 0 saturated carbocycles. The summed E-state index contributed by atoms with van der Waals surface area (Å²) in [6.45, 7) is 13.9. The summed E-state index contributed by atoms with van der Waals surface area (Å²) >= 11 is 0. The smallest absolute Gasteiger partial charge is 0.323 e. The van der Waals surface area contributed by atoms with Crippen LogP contribution in [0.3, 0.4) is 0 Å². The van der Waals surface area contributed by atoms with Crippen molar-refractivity contribution in [3.63, 3.8) is 0 Å². The topological polar surface area (TPSA) is 121 Å². The van der Waals surface area contributed by atoms with Gasteiger partial charge in [-0.25, -0.2) is 9.78 Å². The van der Waals surface area contributed by atoms with E-state index in [1.165, 1.54) is 19.0 Å². The number of fused-ring (bicyclic) bond motifs is 1. The molecule has 0 aliphatic rings. The first kappa shape index (κ1) is 33.6. The third-order valence-electron chi connectivity index (χ3n) is 6.57. The van der Waals surface area contributed by atoms with Crippen LogP contribution in [0.25, 0.3) is 10.8 Å². The molecule has 1 aromatic heterocycles. The number of anilines is 3. The Hall–Kier alpha value is -3.94. The third kappa shape index (κ3) is 9.27. The minimum Gasteiger partial charge on any atom is -0.494 e. The molecule has 0 saturated heterocycles. The second-order valence-electron chi connectivity index (χ2n) is 11.2. The predicted octanol–water partition coefficient (Wildman–Crippen LogP) is 7.75. The molecule has 0 atom stereocenters. The number of carbonyl (C=O) groups is 1. The van der Waals surface area contributed by atoms with Crippen LogP contribution < -0.4 is 31.1 Å². The number of carbonyl (C=O) groups excluding carboxylic acids is 1. The molecular formula is C33H44N5O4P. The van der Waals surface area contributed by atoms with Gasteiger partial charge in [0.25, 0.3) is 0 Å². The molecule has 0 spiro atoms. The fraction of sp³-hybridized carbons (Fsp3) is 0.364. The van der Waals surface area contributed by atoms with Crippen molar-refractivity contribution in [2.45, 2.75) is 46.0 Å². The van der Waals surface area contributed by atoms with Gasteiger partial charge in [-0.1, -0.05) is 66.3 Å². The molecule has 0 radical (unpaired) electrons. The number of aromatic nitrogens is 2. The monoisotopic (exact) mass is 605 g/mol. The standard InChI is InChI=1S/C28H32N5O3P.C5H12O/c1-28(2,3)17-15-21(25(35-4)23(16-17)37(5)6)32-27(34)31-20-11-12-22(19-10-8-7-9-18(19)20)36-24-13-14-30-26(29)33-24;1-3-4-5-6-2/h7-16H,1-6H3,(H2,29,30,33)(H2,31,32,34);3-5H2,1-2H3. The summed E-state index contributed by atoms with van der Waals surface area (Å²) in [5.41, 5.74) is 8.01. The number of nitrogens with zero attached hydrogens (tertiary/aromatic N) is 2. The Morgan fingerprint density at radius 2 is 1.67 bits per heavy atom. The highest BCUT2D eigenvalue weighted by atomic mass is 31.1. The van der Waals surface area contributed by atoms with Gasteiger partial charge in [0.05, 0.1) is 18.5 Å². The van der Waals surface area contributed by atoms with Crippen LogP contribution in [0.2, 0.25) is 0 Å². The lowest BCUT2D eigenvalue weighted by Crippen LogP contribution is -2.23. The summed E-state index contributed by atoms with van der Waals surface area (Å²) in [4.78, 5) is 21.2. The first-order valence-electron chi connectivity index (χ1n) is 14.2. The van der Waals surface area contributed by atoms with Crippen LogP contribution in [-0.2, 0) is 10.2 Å². The van der Waals surface area contributed by atoms with Gasteiger partial charge in [-0.3, -0.25) is 0 Å². The number of hydrogen-bond acceptors (Lipinski definition) is 7. The zero-order valence-electron chi connectivity index (χ0n) is 26.4. The fourth-order valence-corrected chi connectivity index (χ4v) is 5.26. The van der Waals surface area contributed by atoms with E-state index < -0.39 is 7.92 Å².